The first-order valence-corrected chi connectivity index (χ1v) is 20.4. The molecule has 9 nitrogen and oxygen atoms in total. The van der Waals surface area contributed by atoms with Crippen LogP contribution in [0.4, 0.5) is 0 Å². The molecule has 9 heteroatoms. The van der Waals surface area contributed by atoms with E-state index in [1.54, 1.807) is 6.08 Å². The zero-order chi connectivity index (χ0) is 36.0. The fourth-order valence-electron chi connectivity index (χ4n) is 6.51. The zero-order valence-electron chi connectivity index (χ0n) is 31.5. The molecular formula is C40H77NO8. The van der Waals surface area contributed by atoms with E-state index in [9.17, 15) is 30.3 Å². The highest BCUT2D eigenvalue weighted by Gasteiger charge is 2.44. The molecule has 1 aliphatic rings. The molecule has 1 rings (SSSR count). The third kappa shape index (κ3) is 23.2. The number of ether oxygens (including phenoxy) is 2. The van der Waals surface area contributed by atoms with Crippen LogP contribution in [-0.2, 0) is 14.3 Å². The first-order chi connectivity index (χ1) is 23.8. The third-order valence-corrected chi connectivity index (χ3v) is 9.86. The number of amides is 1. The summed E-state index contributed by atoms with van der Waals surface area (Å²) in [6.45, 7) is 3.74. The van der Waals surface area contributed by atoms with Crippen molar-refractivity contribution in [2.75, 3.05) is 13.2 Å². The normalized spacial score (nSPS) is 22.5. The van der Waals surface area contributed by atoms with E-state index in [0.29, 0.717) is 6.42 Å². The first kappa shape index (κ1) is 46.0. The average molecular weight is 700 g/mol. The Morgan fingerprint density at radius 2 is 1.12 bits per heavy atom. The number of aliphatic hydroxyl groups excluding tert-OH is 5. The number of hydrogen-bond donors (Lipinski definition) is 6. The molecule has 7 atom stereocenters. The van der Waals surface area contributed by atoms with Gasteiger partial charge >= 0.3 is 0 Å². The van der Waals surface area contributed by atoms with Gasteiger partial charge in [-0.3, -0.25) is 4.79 Å². The molecule has 1 fully saturated rings. The molecular weight excluding hydrogens is 622 g/mol. The van der Waals surface area contributed by atoms with Crippen LogP contribution in [0.25, 0.3) is 0 Å². The van der Waals surface area contributed by atoms with Crippen LogP contribution in [-0.4, -0.2) is 87.5 Å². The van der Waals surface area contributed by atoms with Gasteiger partial charge in [0.1, 0.15) is 24.4 Å². The van der Waals surface area contributed by atoms with Crippen molar-refractivity contribution in [3.8, 4) is 0 Å². The van der Waals surface area contributed by atoms with E-state index in [1.165, 1.54) is 122 Å². The van der Waals surface area contributed by atoms with Crippen molar-refractivity contribution >= 4 is 5.91 Å². The maximum Gasteiger partial charge on any atom is 0.220 e. The molecule has 0 bridgehead atoms. The Bertz CT molecular complexity index is 781. The lowest BCUT2D eigenvalue weighted by molar-refractivity contribution is -0.302. The second-order valence-electron chi connectivity index (χ2n) is 14.4. The molecule has 1 saturated heterocycles. The van der Waals surface area contributed by atoms with Gasteiger partial charge in [-0.1, -0.05) is 167 Å². The second kappa shape index (κ2) is 31.6. The maximum absolute atomic E-state index is 12.9. The monoisotopic (exact) mass is 700 g/mol. The van der Waals surface area contributed by atoms with Crippen LogP contribution in [0.5, 0.6) is 0 Å². The number of carbonyl (C=O) groups excluding carboxylic acids is 1. The minimum atomic E-state index is -1.56. The molecule has 1 amide bonds. The summed E-state index contributed by atoms with van der Waals surface area (Å²) in [5, 5.41) is 53.9. The smallest absolute Gasteiger partial charge is 0.220 e. The highest BCUT2D eigenvalue weighted by molar-refractivity contribution is 5.76. The van der Waals surface area contributed by atoms with Gasteiger partial charge in [0.25, 0.3) is 0 Å². The fraction of sp³-hybridized carbons (Fsp3) is 0.925. The van der Waals surface area contributed by atoms with Crippen molar-refractivity contribution in [1.82, 2.24) is 5.32 Å². The van der Waals surface area contributed by atoms with Crippen LogP contribution in [0.15, 0.2) is 12.2 Å². The summed E-state index contributed by atoms with van der Waals surface area (Å²) in [5.41, 5.74) is 0. The number of allylic oxidation sites excluding steroid dienone is 1. The highest BCUT2D eigenvalue weighted by Crippen LogP contribution is 2.22. The van der Waals surface area contributed by atoms with Gasteiger partial charge in [0.05, 0.1) is 25.4 Å². The summed E-state index contributed by atoms with van der Waals surface area (Å²) >= 11 is 0. The van der Waals surface area contributed by atoms with E-state index in [-0.39, 0.29) is 12.5 Å². The quantitative estimate of drug-likeness (QED) is 0.0307. The predicted molar refractivity (Wildman–Crippen MR) is 198 cm³/mol. The molecule has 0 radical (unpaired) electrons. The summed E-state index contributed by atoms with van der Waals surface area (Å²) in [5.74, 6) is -0.178. The summed E-state index contributed by atoms with van der Waals surface area (Å²) in [6, 6.07) is -0.796. The first-order valence-electron chi connectivity index (χ1n) is 20.4. The van der Waals surface area contributed by atoms with Gasteiger partial charge < -0.3 is 40.3 Å². The molecule has 2 unspecified atom stereocenters. The number of carbonyl (C=O) groups is 1. The standard InChI is InChI=1S/C40H77NO8/c1-3-5-7-9-11-13-15-16-17-18-19-20-22-24-26-28-30-36(44)41-33(32-48-40-39(47)38(46)37(45)35(31-42)49-40)34(43)29-27-25-23-21-14-12-10-8-6-4-2/h27,29,33-35,37-40,42-43,45-47H,3-26,28,30-32H2,1-2H3,(H,41,44)/b29-27+/t33-,34+,35+,37+,38?,39?,40+/m0/s1. The second-order valence-corrected chi connectivity index (χ2v) is 14.4. The van der Waals surface area contributed by atoms with Gasteiger partial charge in [-0.25, -0.2) is 0 Å². The zero-order valence-corrected chi connectivity index (χ0v) is 31.5. The van der Waals surface area contributed by atoms with E-state index in [0.717, 1.165) is 38.5 Å². The SMILES string of the molecule is CCCCCCCCCC/C=C/[C@@H](O)[C@H](CO[C@@H]1O[C@H](CO)[C@@H](O)C(O)C1O)NC(=O)CCCCCCCCCCCCCCCCCC. The van der Waals surface area contributed by atoms with Gasteiger partial charge in [0.2, 0.25) is 5.91 Å². The minimum Gasteiger partial charge on any atom is -0.394 e. The molecule has 0 aliphatic carbocycles. The molecule has 0 saturated carbocycles. The van der Waals surface area contributed by atoms with E-state index in [4.69, 9.17) is 9.47 Å². The number of hydrogen-bond acceptors (Lipinski definition) is 8. The lowest BCUT2D eigenvalue weighted by Crippen LogP contribution is -2.60. The fourth-order valence-corrected chi connectivity index (χ4v) is 6.51. The Morgan fingerprint density at radius 3 is 1.59 bits per heavy atom. The van der Waals surface area contributed by atoms with Crippen molar-refractivity contribution < 1.29 is 39.8 Å². The Kier molecular flexibility index (Phi) is 29.7. The topological polar surface area (TPSA) is 149 Å². The molecule has 0 spiro atoms. The summed E-state index contributed by atoms with van der Waals surface area (Å²) in [6.07, 6.45) is 26.8. The Morgan fingerprint density at radius 1 is 0.673 bits per heavy atom. The Balaban J connectivity index is 2.38. The Hall–Kier alpha value is -1.07. The minimum absolute atomic E-state index is 0.178. The largest absolute Gasteiger partial charge is 0.394 e. The molecule has 290 valence electrons. The van der Waals surface area contributed by atoms with Crippen LogP contribution in [0.1, 0.15) is 181 Å². The van der Waals surface area contributed by atoms with Crippen molar-refractivity contribution in [2.45, 2.75) is 224 Å². The van der Waals surface area contributed by atoms with Crippen LogP contribution in [0.2, 0.25) is 0 Å². The van der Waals surface area contributed by atoms with Gasteiger partial charge in [0.15, 0.2) is 6.29 Å². The number of rotatable bonds is 33. The van der Waals surface area contributed by atoms with E-state index in [1.807, 2.05) is 6.08 Å². The summed E-state index contributed by atoms with van der Waals surface area (Å²) < 4.78 is 11.2. The summed E-state index contributed by atoms with van der Waals surface area (Å²) in [4.78, 5) is 12.9. The number of aliphatic hydroxyl groups is 5. The highest BCUT2D eigenvalue weighted by atomic mass is 16.7. The van der Waals surface area contributed by atoms with E-state index in [2.05, 4.69) is 19.2 Å². The summed E-state index contributed by atoms with van der Waals surface area (Å²) in [7, 11) is 0. The molecule has 0 aromatic rings. The van der Waals surface area contributed by atoms with Crippen molar-refractivity contribution in [3.05, 3.63) is 12.2 Å². The average Bonchev–Trinajstić information content (AvgIpc) is 3.10. The van der Waals surface area contributed by atoms with Crippen molar-refractivity contribution in [3.63, 3.8) is 0 Å². The number of nitrogens with one attached hydrogen (secondary N) is 1. The van der Waals surface area contributed by atoms with Crippen molar-refractivity contribution in [1.29, 1.82) is 0 Å². The van der Waals surface area contributed by atoms with Gasteiger partial charge in [-0.05, 0) is 19.3 Å². The lowest BCUT2D eigenvalue weighted by Gasteiger charge is -2.40. The molecule has 1 aliphatic heterocycles. The maximum atomic E-state index is 12.9. The van der Waals surface area contributed by atoms with Gasteiger partial charge in [0, 0.05) is 6.42 Å². The van der Waals surface area contributed by atoms with Crippen LogP contribution in [0.3, 0.4) is 0 Å². The number of unbranched alkanes of at least 4 members (excludes halogenated alkanes) is 23. The molecule has 1 heterocycles. The van der Waals surface area contributed by atoms with Crippen LogP contribution < -0.4 is 5.32 Å². The lowest BCUT2D eigenvalue weighted by atomic mass is 9.99. The molecule has 6 N–H and O–H groups in total. The third-order valence-electron chi connectivity index (χ3n) is 9.86. The van der Waals surface area contributed by atoms with E-state index >= 15 is 0 Å². The molecule has 0 aromatic heterocycles. The Labute approximate surface area is 299 Å². The molecule has 49 heavy (non-hydrogen) atoms. The van der Waals surface area contributed by atoms with Gasteiger partial charge in [-0.2, -0.15) is 0 Å². The predicted octanol–water partition coefficient (Wildman–Crippen LogP) is 7.39. The molecule has 0 aromatic carbocycles. The van der Waals surface area contributed by atoms with E-state index < -0.39 is 49.5 Å². The van der Waals surface area contributed by atoms with Crippen LogP contribution >= 0.6 is 0 Å². The van der Waals surface area contributed by atoms with Gasteiger partial charge in [-0.15, -0.1) is 0 Å². The van der Waals surface area contributed by atoms with Crippen LogP contribution in [0, 0.1) is 0 Å². The van der Waals surface area contributed by atoms with Crippen molar-refractivity contribution in [2.24, 2.45) is 0 Å².